The van der Waals surface area contributed by atoms with Gasteiger partial charge < -0.3 is 0 Å². The lowest BCUT2D eigenvalue weighted by atomic mass is 10.3. The smallest absolute Gasteiger partial charge is 0.0372 e. The van der Waals surface area contributed by atoms with Crippen molar-refractivity contribution in [2.45, 2.75) is 20.3 Å². The largest absolute Gasteiger partial charge is 0.262 e. The van der Waals surface area contributed by atoms with Crippen molar-refractivity contribution in [2.24, 2.45) is 4.99 Å². The summed E-state index contributed by atoms with van der Waals surface area (Å²) in [5.74, 6) is 0. The van der Waals surface area contributed by atoms with Gasteiger partial charge in [0.1, 0.15) is 0 Å². The van der Waals surface area contributed by atoms with Crippen molar-refractivity contribution in [3.8, 4) is 0 Å². The third-order valence-electron chi connectivity index (χ3n) is 1.09. The Morgan fingerprint density at radius 1 is 1.55 bits per heavy atom. The summed E-state index contributed by atoms with van der Waals surface area (Å²) in [6.07, 6.45) is 10.4. The van der Waals surface area contributed by atoms with Crippen LogP contribution < -0.4 is 0 Å². The molecule has 0 radical (unpaired) electrons. The second-order valence-electron chi connectivity index (χ2n) is 2.16. The molecule has 0 bridgehead atoms. The Balaban J connectivity index is 3.89. The van der Waals surface area contributed by atoms with Crippen LogP contribution in [0.25, 0.3) is 0 Å². The topological polar surface area (TPSA) is 12.4 Å². The molecule has 0 unspecified atom stereocenters. The van der Waals surface area contributed by atoms with Gasteiger partial charge >= 0.3 is 0 Å². The van der Waals surface area contributed by atoms with Crippen LogP contribution in [-0.2, 0) is 0 Å². The normalized spacial score (nSPS) is 13.1. The number of rotatable bonds is 4. The van der Waals surface area contributed by atoms with Crippen LogP contribution >= 0.6 is 0 Å². The molecule has 0 saturated carbocycles. The third kappa shape index (κ3) is 6.78. The van der Waals surface area contributed by atoms with Crippen molar-refractivity contribution in [3.05, 3.63) is 37.1 Å². The van der Waals surface area contributed by atoms with Crippen LogP contribution in [0.2, 0.25) is 0 Å². The Morgan fingerprint density at radius 2 is 2.27 bits per heavy atom. The first-order valence-electron chi connectivity index (χ1n) is 3.79. The maximum atomic E-state index is 4.15. The molecule has 0 saturated heterocycles. The van der Waals surface area contributed by atoms with E-state index in [1.807, 2.05) is 31.4 Å². The average molecular weight is 149 g/mol. The second-order valence-corrected chi connectivity index (χ2v) is 2.16. The summed E-state index contributed by atoms with van der Waals surface area (Å²) in [5, 5.41) is 0. The van der Waals surface area contributed by atoms with Gasteiger partial charge in [0.2, 0.25) is 0 Å². The zero-order valence-electron chi connectivity index (χ0n) is 7.25. The minimum absolute atomic E-state index is 0.995. The Labute approximate surface area is 68.9 Å². The van der Waals surface area contributed by atoms with Crippen molar-refractivity contribution in [2.75, 3.05) is 0 Å². The lowest BCUT2D eigenvalue weighted by Crippen LogP contribution is -1.80. The highest BCUT2D eigenvalue weighted by Gasteiger charge is 1.76. The van der Waals surface area contributed by atoms with Gasteiger partial charge in [0, 0.05) is 11.9 Å². The number of nitrogens with zero attached hydrogens (tertiary/aromatic N) is 1. The van der Waals surface area contributed by atoms with E-state index in [0.717, 1.165) is 12.1 Å². The number of allylic oxidation sites excluding steroid dienone is 4. The van der Waals surface area contributed by atoms with E-state index in [4.69, 9.17) is 0 Å². The van der Waals surface area contributed by atoms with Crippen molar-refractivity contribution < 1.29 is 0 Å². The third-order valence-corrected chi connectivity index (χ3v) is 1.09. The monoisotopic (exact) mass is 149 g/mol. The van der Waals surface area contributed by atoms with Crippen LogP contribution in [0.1, 0.15) is 20.3 Å². The predicted molar refractivity (Wildman–Crippen MR) is 51.9 cm³/mol. The van der Waals surface area contributed by atoms with E-state index < -0.39 is 0 Å². The predicted octanol–water partition coefficient (Wildman–Crippen LogP) is 3.11. The summed E-state index contributed by atoms with van der Waals surface area (Å²) < 4.78 is 0. The fourth-order valence-electron chi connectivity index (χ4n) is 0.526. The molecule has 0 aliphatic rings. The van der Waals surface area contributed by atoms with Crippen LogP contribution in [0, 0.1) is 0 Å². The summed E-state index contributed by atoms with van der Waals surface area (Å²) in [6.45, 7) is 7.61. The lowest BCUT2D eigenvalue weighted by Gasteiger charge is -1.84. The van der Waals surface area contributed by atoms with Gasteiger partial charge in [-0.2, -0.15) is 0 Å². The van der Waals surface area contributed by atoms with Crippen molar-refractivity contribution >= 4 is 5.71 Å². The second kappa shape index (κ2) is 7.00. The highest BCUT2D eigenvalue weighted by molar-refractivity contribution is 5.93. The average Bonchev–Trinajstić information content (AvgIpc) is 2.01. The molecule has 0 atom stereocenters. The van der Waals surface area contributed by atoms with E-state index >= 15 is 0 Å². The Kier molecular flexibility index (Phi) is 6.30. The Morgan fingerprint density at radius 3 is 2.82 bits per heavy atom. The SMILES string of the molecule is C=C\C=C/C(C)=N\C=C/CC. The molecule has 1 heteroatoms. The van der Waals surface area contributed by atoms with E-state index in [-0.39, 0.29) is 0 Å². The first-order chi connectivity index (χ1) is 5.31. The van der Waals surface area contributed by atoms with Gasteiger partial charge in [-0.3, -0.25) is 4.99 Å². The molecule has 0 N–H and O–H groups in total. The zero-order chi connectivity index (χ0) is 8.53. The Bertz CT molecular complexity index is 185. The van der Waals surface area contributed by atoms with E-state index in [1.165, 1.54) is 0 Å². The minimum Gasteiger partial charge on any atom is -0.262 e. The molecule has 0 amide bonds. The molecule has 0 aliphatic carbocycles. The maximum Gasteiger partial charge on any atom is 0.0372 e. The molecule has 0 spiro atoms. The number of hydrogen-bond acceptors (Lipinski definition) is 1. The zero-order valence-corrected chi connectivity index (χ0v) is 7.25. The summed E-state index contributed by atoms with van der Waals surface area (Å²) in [4.78, 5) is 4.15. The minimum atomic E-state index is 0.995. The summed E-state index contributed by atoms with van der Waals surface area (Å²) in [5.41, 5.74) is 0.995. The van der Waals surface area contributed by atoms with Gasteiger partial charge in [0.15, 0.2) is 0 Å². The molecule has 11 heavy (non-hydrogen) atoms. The number of hydrogen-bond donors (Lipinski definition) is 0. The van der Waals surface area contributed by atoms with E-state index in [2.05, 4.69) is 18.5 Å². The van der Waals surface area contributed by atoms with Gasteiger partial charge in [0.25, 0.3) is 0 Å². The molecule has 0 aliphatic heterocycles. The molecular formula is C10H15N. The summed E-state index contributed by atoms with van der Waals surface area (Å²) >= 11 is 0. The molecule has 0 fully saturated rings. The van der Waals surface area contributed by atoms with Crippen LogP contribution in [0.3, 0.4) is 0 Å². The molecule has 0 aromatic heterocycles. The van der Waals surface area contributed by atoms with Gasteiger partial charge in [-0.25, -0.2) is 0 Å². The Hall–Kier alpha value is -1.11. The standard InChI is InChI=1S/C10H15N/c1-4-6-8-10(3)11-9-7-5-2/h4,6-9H,1,5H2,2-3H3/b8-6-,9-7-,11-10-. The van der Waals surface area contributed by atoms with E-state index in [9.17, 15) is 0 Å². The fourth-order valence-corrected chi connectivity index (χ4v) is 0.526. The van der Waals surface area contributed by atoms with Crippen molar-refractivity contribution in [3.63, 3.8) is 0 Å². The van der Waals surface area contributed by atoms with Gasteiger partial charge in [0.05, 0.1) is 0 Å². The fraction of sp³-hybridized carbons (Fsp3) is 0.300. The summed E-state index contributed by atoms with van der Waals surface area (Å²) in [6, 6.07) is 0. The lowest BCUT2D eigenvalue weighted by molar-refractivity contribution is 1.21. The van der Waals surface area contributed by atoms with E-state index in [1.54, 1.807) is 6.08 Å². The van der Waals surface area contributed by atoms with Gasteiger partial charge in [-0.1, -0.05) is 31.7 Å². The van der Waals surface area contributed by atoms with Crippen molar-refractivity contribution in [1.29, 1.82) is 0 Å². The van der Waals surface area contributed by atoms with Gasteiger partial charge in [-0.05, 0) is 19.4 Å². The van der Waals surface area contributed by atoms with Crippen molar-refractivity contribution in [1.82, 2.24) is 0 Å². The first kappa shape index (κ1) is 9.89. The van der Waals surface area contributed by atoms with Crippen LogP contribution in [-0.4, -0.2) is 5.71 Å². The van der Waals surface area contributed by atoms with Crippen LogP contribution in [0.15, 0.2) is 42.1 Å². The van der Waals surface area contributed by atoms with E-state index in [0.29, 0.717) is 0 Å². The molecule has 0 aromatic carbocycles. The van der Waals surface area contributed by atoms with Gasteiger partial charge in [-0.15, -0.1) is 0 Å². The highest BCUT2D eigenvalue weighted by Crippen LogP contribution is 1.85. The molecule has 60 valence electrons. The quantitative estimate of drug-likeness (QED) is 0.430. The maximum absolute atomic E-state index is 4.15. The molecular weight excluding hydrogens is 134 g/mol. The highest BCUT2D eigenvalue weighted by atomic mass is 14.7. The first-order valence-corrected chi connectivity index (χ1v) is 3.79. The molecule has 1 nitrogen and oxygen atoms in total. The van der Waals surface area contributed by atoms with Crippen LogP contribution in [0.4, 0.5) is 0 Å². The number of aliphatic imine (C=N–C) groups is 1. The van der Waals surface area contributed by atoms with Crippen LogP contribution in [0.5, 0.6) is 0 Å². The molecule has 0 rings (SSSR count). The molecule has 0 aromatic rings. The molecule has 0 heterocycles. The summed E-state index contributed by atoms with van der Waals surface area (Å²) in [7, 11) is 0.